The van der Waals surface area contributed by atoms with E-state index in [0.29, 0.717) is 29.2 Å². The van der Waals surface area contributed by atoms with Crippen LogP contribution in [-0.2, 0) is 22.6 Å². The molecule has 0 saturated carbocycles. The highest BCUT2D eigenvalue weighted by atomic mass is 16.5. The van der Waals surface area contributed by atoms with Crippen LogP contribution in [-0.4, -0.2) is 43.5 Å². The van der Waals surface area contributed by atoms with Crippen molar-refractivity contribution in [3.63, 3.8) is 0 Å². The third-order valence-corrected chi connectivity index (χ3v) is 4.67. The van der Waals surface area contributed by atoms with Crippen molar-refractivity contribution >= 4 is 23.5 Å². The zero-order valence-electron chi connectivity index (χ0n) is 16.4. The molecule has 8 nitrogen and oxygen atoms in total. The monoisotopic (exact) mass is 397 g/mol. The number of urea groups is 1. The number of ether oxygens (including phenoxy) is 2. The average molecular weight is 397 g/mol. The summed E-state index contributed by atoms with van der Waals surface area (Å²) in [6.45, 7) is 0.0978. The van der Waals surface area contributed by atoms with Crippen molar-refractivity contribution < 1.29 is 23.9 Å². The summed E-state index contributed by atoms with van der Waals surface area (Å²) in [5.74, 6) is 0.915. The molecule has 1 aliphatic rings. The molecule has 1 saturated heterocycles. The van der Waals surface area contributed by atoms with Gasteiger partial charge in [-0.25, -0.2) is 4.79 Å². The molecular weight excluding hydrogens is 374 g/mol. The number of benzene rings is 2. The lowest BCUT2D eigenvalue weighted by molar-refractivity contribution is -0.125. The summed E-state index contributed by atoms with van der Waals surface area (Å²) in [6, 6.07) is 12.1. The number of nitrogens with zero attached hydrogens (tertiary/aromatic N) is 1. The smallest absolute Gasteiger partial charge is 0.324 e. The van der Waals surface area contributed by atoms with E-state index >= 15 is 0 Å². The first-order valence-corrected chi connectivity index (χ1v) is 9.18. The Hall–Kier alpha value is -3.55. The van der Waals surface area contributed by atoms with Crippen LogP contribution >= 0.6 is 0 Å². The van der Waals surface area contributed by atoms with Gasteiger partial charge < -0.3 is 20.1 Å². The van der Waals surface area contributed by atoms with E-state index in [1.54, 1.807) is 50.6 Å². The molecule has 0 unspecified atom stereocenters. The molecule has 3 rings (SSSR count). The van der Waals surface area contributed by atoms with Crippen LogP contribution in [0.25, 0.3) is 0 Å². The average Bonchev–Trinajstić information content (AvgIpc) is 3.05. The molecule has 2 N–H and O–H groups in total. The van der Waals surface area contributed by atoms with Crippen molar-refractivity contribution in [3.8, 4) is 11.5 Å². The van der Waals surface area contributed by atoms with Crippen LogP contribution in [0.5, 0.6) is 11.5 Å². The predicted molar refractivity (Wildman–Crippen MR) is 107 cm³/mol. The van der Waals surface area contributed by atoms with Crippen molar-refractivity contribution in [2.24, 2.45) is 0 Å². The number of aryl methyl sites for hydroxylation is 1. The van der Waals surface area contributed by atoms with E-state index in [1.807, 2.05) is 6.07 Å². The summed E-state index contributed by atoms with van der Waals surface area (Å²) in [5.41, 5.74) is 2.13. The third-order valence-electron chi connectivity index (χ3n) is 4.67. The molecule has 152 valence electrons. The first kappa shape index (κ1) is 20.2. The molecular formula is C21H23N3O5. The van der Waals surface area contributed by atoms with Crippen molar-refractivity contribution in [1.29, 1.82) is 0 Å². The van der Waals surface area contributed by atoms with Crippen LogP contribution in [0.2, 0.25) is 0 Å². The van der Waals surface area contributed by atoms with Crippen LogP contribution in [0.1, 0.15) is 17.5 Å². The Balaban J connectivity index is 1.66. The van der Waals surface area contributed by atoms with Gasteiger partial charge in [0.2, 0.25) is 11.8 Å². The minimum atomic E-state index is -0.429. The summed E-state index contributed by atoms with van der Waals surface area (Å²) >= 11 is 0. The maximum Gasteiger partial charge on any atom is 0.324 e. The lowest BCUT2D eigenvalue weighted by atomic mass is 10.1. The number of amides is 4. The number of para-hydroxylation sites is 1. The van der Waals surface area contributed by atoms with Crippen molar-refractivity contribution in [1.82, 2.24) is 10.2 Å². The Bertz CT molecular complexity index is 912. The minimum absolute atomic E-state index is 0.00424. The standard InChI is InChI=1S/C21H23N3O5/c1-28-16-8-9-18(29-2)14(11-16)7-10-19(25)23-17-6-4-3-5-15(17)13-24-20(26)12-22-21(24)27/h3-6,8-9,11H,7,10,12-13H2,1-2H3,(H,22,27)(H,23,25). The zero-order valence-corrected chi connectivity index (χ0v) is 16.4. The molecule has 0 atom stereocenters. The fourth-order valence-corrected chi connectivity index (χ4v) is 3.10. The normalized spacial score (nSPS) is 13.2. The summed E-state index contributed by atoms with van der Waals surface area (Å²) < 4.78 is 10.6. The van der Waals surface area contributed by atoms with Crippen molar-refractivity contribution in [2.45, 2.75) is 19.4 Å². The predicted octanol–water partition coefficient (Wildman–Crippen LogP) is 2.33. The highest BCUT2D eigenvalue weighted by Gasteiger charge is 2.29. The number of hydrogen-bond donors (Lipinski definition) is 2. The van der Waals surface area contributed by atoms with Crippen LogP contribution in [0.3, 0.4) is 0 Å². The van der Waals surface area contributed by atoms with E-state index < -0.39 is 6.03 Å². The zero-order chi connectivity index (χ0) is 20.8. The maximum atomic E-state index is 12.5. The van der Waals surface area contributed by atoms with Gasteiger partial charge in [-0.05, 0) is 41.8 Å². The van der Waals surface area contributed by atoms with Gasteiger partial charge >= 0.3 is 6.03 Å². The van der Waals surface area contributed by atoms with Gasteiger partial charge in [0.15, 0.2) is 0 Å². The summed E-state index contributed by atoms with van der Waals surface area (Å²) in [4.78, 5) is 37.3. The number of carbonyl (C=O) groups excluding carboxylic acids is 3. The van der Waals surface area contributed by atoms with Gasteiger partial charge in [0.05, 0.1) is 27.3 Å². The lowest BCUT2D eigenvalue weighted by Gasteiger charge is -2.16. The summed E-state index contributed by atoms with van der Waals surface area (Å²) in [5, 5.41) is 5.36. The van der Waals surface area contributed by atoms with Gasteiger partial charge in [-0.2, -0.15) is 0 Å². The number of nitrogens with one attached hydrogen (secondary N) is 2. The fraction of sp³-hybridized carbons (Fsp3) is 0.286. The largest absolute Gasteiger partial charge is 0.497 e. The van der Waals surface area contributed by atoms with Gasteiger partial charge in [0.1, 0.15) is 11.5 Å². The van der Waals surface area contributed by atoms with Crippen LogP contribution in [0.15, 0.2) is 42.5 Å². The number of methoxy groups -OCH3 is 2. The second-order valence-corrected chi connectivity index (χ2v) is 6.52. The van der Waals surface area contributed by atoms with Gasteiger partial charge in [-0.15, -0.1) is 0 Å². The third kappa shape index (κ3) is 4.84. The molecule has 29 heavy (non-hydrogen) atoms. The number of rotatable bonds is 8. The number of anilines is 1. The SMILES string of the molecule is COc1ccc(OC)c(CCC(=O)Nc2ccccc2CN2C(=O)CNC2=O)c1. The quantitative estimate of drug-likeness (QED) is 0.667. The molecule has 0 aliphatic carbocycles. The molecule has 0 spiro atoms. The molecule has 0 aromatic heterocycles. The molecule has 2 aromatic carbocycles. The second-order valence-electron chi connectivity index (χ2n) is 6.52. The maximum absolute atomic E-state index is 12.5. The van der Waals surface area contributed by atoms with Gasteiger partial charge in [-0.3, -0.25) is 14.5 Å². The van der Waals surface area contributed by atoms with Crippen molar-refractivity contribution in [2.75, 3.05) is 26.1 Å². The highest BCUT2D eigenvalue weighted by molar-refractivity contribution is 6.02. The van der Waals surface area contributed by atoms with Crippen LogP contribution in [0.4, 0.5) is 10.5 Å². The topological polar surface area (TPSA) is 97.0 Å². The Kier molecular flexibility index (Phi) is 6.33. The van der Waals surface area contributed by atoms with E-state index in [-0.39, 0.29) is 31.3 Å². The van der Waals surface area contributed by atoms with E-state index in [9.17, 15) is 14.4 Å². The Morgan fingerprint density at radius 2 is 1.90 bits per heavy atom. The lowest BCUT2D eigenvalue weighted by Crippen LogP contribution is -2.30. The first-order chi connectivity index (χ1) is 14.0. The fourth-order valence-electron chi connectivity index (χ4n) is 3.10. The van der Waals surface area contributed by atoms with Gasteiger partial charge in [0.25, 0.3) is 0 Å². The van der Waals surface area contributed by atoms with Crippen LogP contribution < -0.4 is 20.1 Å². The first-order valence-electron chi connectivity index (χ1n) is 9.18. The number of hydrogen-bond acceptors (Lipinski definition) is 5. The number of carbonyl (C=O) groups is 3. The molecule has 1 heterocycles. The van der Waals surface area contributed by atoms with E-state index in [1.165, 1.54) is 0 Å². The molecule has 0 bridgehead atoms. The molecule has 0 radical (unpaired) electrons. The Morgan fingerprint density at radius 3 is 2.59 bits per heavy atom. The molecule has 1 aliphatic heterocycles. The van der Waals surface area contributed by atoms with Crippen molar-refractivity contribution in [3.05, 3.63) is 53.6 Å². The van der Waals surface area contributed by atoms with E-state index in [2.05, 4.69) is 10.6 Å². The highest BCUT2D eigenvalue weighted by Crippen LogP contribution is 2.25. The molecule has 8 heteroatoms. The molecule has 2 aromatic rings. The van der Waals surface area contributed by atoms with E-state index in [4.69, 9.17) is 9.47 Å². The second kappa shape index (κ2) is 9.09. The summed E-state index contributed by atoms with van der Waals surface area (Å²) in [7, 11) is 3.16. The Morgan fingerprint density at radius 1 is 1.10 bits per heavy atom. The molecule has 1 fully saturated rings. The number of imide groups is 1. The van der Waals surface area contributed by atoms with Gasteiger partial charge in [0, 0.05) is 12.1 Å². The minimum Gasteiger partial charge on any atom is -0.497 e. The molecule has 4 amide bonds. The van der Waals surface area contributed by atoms with E-state index in [0.717, 1.165) is 10.5 Å². The van der Waals surface area contributed by atoms with Gasteiger partial charge in [-0.1, -0.05) is 18.2 Å². The summed E-state index contributed by atoms with van der Waals surface area (Å²) in [6.07, 6.45) is 0.711. The Labute approximate surface area is 168 Å². The van der Waals surface area contributed by atoms with Crippen LogP contribution in [0, 0.1) is 0 Å².